The zero-order chi connectivity index (χ0) is 11.2. The summed E-state index contributed by atoms with van der Waals surface area (Å²) in [6.45, 7) is 0. The molecular weight excluding hydrogens is 262 g/mol. The molecule has 2 heterocycles. The van der Waals surface area contributed by atoms with Crippen LogP contribution in [0.5, 0.6) is 0 Å². The number of aryl methyl sites for hydroxylation is 1. The van der Waals surface area contributed by atoms with Crippen LogP contribution < -0.4 is 11.5 Å². The van der Waals surface area contributed by atoms with E-state index in [1.165, 1.54) is 6.33 Å². The standard InChI is InChI=1S/C8H8BrN5O/c1-14-5(9)3(7(11)15)4-6(10)12-2-13-8(4)14/h2H,1H3,(H2,11,15)(H2,10,12,13). The molecule has 2 aromatic heterocycles. The third-order valence-electron chi connectivity index (χ3n) is 2.17. The molecule has 2 rings (SSSR count). The van der Waals surface area contributed by atoms with Crippen LogP contribution in [0.15, 0.2) is 10.9 Å². The van der Waals surface area contributed by atoms with E-state index in [2.05, 4.69) is 25.9 Å². The van der Waals surface area contributed by atoms with E-state index in [1.807, 2.05) is 0 Å². The molecule has 0 radical (unpaired) electrons. The Morgan fingerprint density at radius 3 is 2.80 bits per heavy atom. The number of amides is 1. The van der Waals surface area contributed by atoms with Crippen molar-refractivity contribution in [1.82, 2.24) is 14.5 Å². The van der Waals surface area contributed by atoms with Crippen LogP contribution in [-0.2, 0) is 7.05 Å². The smallest absolute Gasteiger partial charge is 0.252 e. The Morgan fingerprint density at radius 1 is 1.53 bits per heavy atom. The van der Waals surface area contributed by atoms with Crippen LogP contribution in [0.3, 0.4) is 0 Å². The van der Waals surface area contributed by atoms with Crippen molar-refractivity contribution in [2.75, 3.05) is 5.73 Å². The molecular formula is C8H8BrN5O. The summed E-state index contributed by atoms with van der Waals surface area (Å²) < 4.78 is 2.24. The molecule has 0 fully saturated rings. The van der Waals surface area contributed by atoms with Crippen LogP contribution in [0, 0.1) is 0 Å². The first kappa shape index (κ1) is 9.91. The zero-order valence-electron chi connectivity index (χ0n) is 7.86. The van der Waals surface area contributed by atoms with Gasteiger partial charge in [0.25, 0.3) is 5.91 Å². The Kier molecular flexibility index (Phi) is 2.11. The minimum absolute atomic E-state index is 0.245. The number of halogens is 1. The van der Waals surface area contributed by atoms with Gasteiger partial charge in [0.1, 0.15) is 17.8 Å². The summed E-state index contributed by atoms with van der Waals surface area (Å²) >= 11 is 3.27. The second-order valence-corrected chi connectivity index (χ2v) is 3.80. The third kappa shape index (κ3) is 1.27. The Balaban J connectivity index is 3.02. The topological polar surface area (TPSA) is 99.8 Å². The summed E-state index contributed by atoms with van der Waals surface area (Å²) in [5.41, 5.74) is 11.8. The van der Waals surface area contributed by atoms with Crippen LogP contribution in [-0.4, -0.2) is 20.4 Å². The van der Waals surface area contributed by atoms with Crippen molar-refractivity contribution in [1.29, 1.82) is 0 Å². The van der Waals surface area contributed by atoms with E-state index < -0.39 is 5.91 Å². The molecule has 0 atom stereocenters. The lowest BCUT2D eigenvalue weighted by Gasteiger charge is -1.96. The Morgan fingerprint density at radius 2 is 2.20 bits per heavy atom. The van der Waals surface area contributed by atoms with E-state index >= 15 is 0 Å². The molecule has 0 aliphatic heterocycles. The van der Waals surface area contributed by atoms with Crippen LogP contribution in [0.2, 0.25) is 0 Å². The predicted octanol–water partition coefficient (Wildman–Crippen LogP) is 0.412. The highest BCUT2D eigenvalue weighted by molar-refractivity contribution is 9.10. The number of carbonyl (C=O) groups is 1. The average Bonchev–Trinajstić information content (AvgIpc) is 2.43. The van der Waals surface area contributed by atoms with Crippen LogP contribution in [0.1, 0.15) is 10.4 Å². The molecule has 0 aliphatic rings. The van der Waals surface area contributed by atoms with Gasteiger partial charge in [-0.15, -0.1) is 0 Å². The molecule has 7 heteroatoms. The van der Waals surface area contributed by atoms with Crippen molar-refractivity contribution in [3.05, 3.63) is 16.5 Å². The molecule has 78 valence electrons. The summed E-state index contributed by atoms with van der Waals surface area (Å²) in [6, 6.07) is 0. The minimum Gasteiger partial charge on any atom is -0.383 e. The highest BCUT2D eigenvalue weighted by atomic mass is 79.9. The van der Waals surface area contributed by atoms with Crippen molar-refractivity contribution in [3.63, 3.8) is 0 Å². The van der Waals surface area contributed by atoms with Gasteiger partial charge >= 0.3 is 0 Å². The largest absolute Gasteiger partial charge is 0.383 e. The Labute approximate surface area is 93.4 Å². The second kappa shape index (κ2) is 3.20. The van der Waals surface area contributed by atoms with Gasteiger partial charge in [0.05, 0.1) is 15.6 Å². The van der Waals surface area contributed by atoms with Gasteiger partial charge in [0.15, 0.2) is 0 Å². The number of primary amides is 1. The summed E-state index contributed by atoms with van der Waals surface area (Å²) in [6.07, 6.45) is 1.34. The molecule has 0 saturated heterocycles. The fraction of sp³-hybridized carbons (Fsp3) is 0.125. The van der Waals surface area contributed by atoms with Gasteiger partial charge in [-0.3, -0.25) is 4.79 Å². The van der Waals surface area contributed by atoms with Crippen molar-refractivity contribution in [3.8, 4) is 0 Å². The number of rotatable bonds is 1. The van der Waals surface area contributed by atoms with Crippen molar-refractivity contribution in [2.45, 2.75) is 0 Å². The SMILES string of the molecule is Cn1c(Br)c(C(N)=O)c2c(N)ncnc21. The van der Waals surface area contributed by atoms with Gasteiger partial charge in [-0.25, -0.2) is 9.97 Å². The summed E-state index contributed by atoms with van der Waals surface area (Å²) in [5.74, 6) is -0.316. The van der Waals surface area contributed by atoms with Crippen molar-refractivity contribution < 1.29 is 4.79 Å². The van der Waals surface area contributed by atoms with E-state index in [4.69, 9.17) is 11.5 Å². The maximum atomic E-state index is 11.3. The normalized spacial score (nSPS) is 10.8. The maximum Gasteiger partial charge on any atom is 0.252 e. The first-order valence-corrected chi connectivity index (χ1v) is 4.87. The highest BCUT2D eigenvalue weighted by Crippen LogP contribution is 2.30. The van der Waals surface area contributed by atoms with Gasteiger partial charge in [-0.05, 0) is 15.9 Å². The van der Waals surface area contributed by atoms with E-state index in [9.17, 15) is 4.79 Å². The molecule has 1 amide bonds. The monoisotopic (exact) mass is 269 g/mol. The van der Waals surface area contributed by atoms with E-state index in [0.29, 0.717) is 21.2 Å². The van der Waals surface area contributed by atoms with E-state index in [-0.39, 0.29) is 5.82 Å². The lowest BCUT2D eigenvalue weighted by molar-refractivity contribution is 0.100. The first-order chi connectivity index (χ1) is 7.04. The van der Waals surface area contributed by atoms with E-state index in [0.717, 1.165) is 0 Å². The third-order valence-corrected chi connectivity index (χ3v) is 3.10. The number of nitrogens with zero attached hydrogens (tertiary/aromatic N) is 3. The molecule has 0 bridgehead atoms. The van der Waals surface area contributed by atoms with Crippen molar-refractivity contribution in [2.24, 2.45) is 12.8 Å². The Hall–Kier alpha value is -1.63. The number of nitrogen functional groups attached to an aromatic ring is 1. The molecule has 2 aromatic rings. The van der Waals surface area contributed by atoms with Crippen LogP contribution in [0.4, 0.5) is 5.82 Å². The lowest BCUT2D eigenvalue weighted by atomic mass is 10.2. The molecule has 0 unspecified atom stereocenters. The van der Waals surface area contributed by atoms with Crippen molar-refractivity contribution >= 4 is 38.7 Å². The van der Waals surface area contributed by atoms with Gasteiger partial charge < -0.3 is 16.0 Å². The number of fused-ring (bicyclic) bond motifs is 1. The van der Waals surface area contributed by atoms with Gasteiger partial charge in [0.2, 0.25) is 0 Å². The summed E-state index contributed by atoms with van der Waals surface area (Å²) in [4.78, 5) is 19.1. The second-order valence-electron chi connectivity index (χ2n) is 3.05. The maximum absolute atomic E-state index is 11.3. The predicted molar refractivity (Wildman–Crippen MR) is 59.1 cm³/mol. The molecule has 0 aliphatic carbocycles. The summed E-state index contributed by atoms with van der Waals surface area (Å²) in [7, 11) is 1.76. The lowest BCUT2D eigenvalue weighted by Crippen LogP contribution is -2.12. The molecule has 0 saturated carbocycles. The Bertz CT molecular complexity index is 562. The van der Waals surface area contributed by atoms with Gasteiger partial charge in [-0.1, -0.05) is 0 Å². The average molecular weight is 270 g/mol. The quantitative estimate of drug-likeness (QED) is 0.783. The minimum atomic E-state index is -0.561. The van der Waals surface area contributed by atoms with Gasteiger partial charge in [-0.2, -0.15) is 0 Å². The number of anilines is 1. The molecule has 0 aromatic carbocycles. The molecule has 4 N–H and O–H groups in total. The first-order valence-electron chi connectivity index (χ1n) is 4.08. The number of hydrogen-bond acceptors (Lipinski definition) is 4. The number of hydrogen-bond donors (Lipinski definition) is 2. The number of aromatic nitrogens is 3. The number of carbonyl (C=O) groups excluding carboxylic acids is 1. The fourth-order valence-corrected chi connectivity index (χ4v) is 2.03. The van der Waals surface area contributed by atoms with Crippen LogP contribution in [0.25, 0.3) is 11.0 Å². The zero-order valence-corrected chi connectivity index (χ0v) is 9.45. The van der Waals surface area contributed by atoms with E-state index in [1.54, 1.807) is 11.6 Å². The molecule has 0 spiro atoms. The molecule has 15 heavy (non-hydrogen) atoms. The fourth-order valence-electron chi connectivity index (χ4n) is 1.47. The summed E-state index contributed by atoms with van der Waals surface area (Å²) in [5, 5.41) is 0.486. The van der Waals surface area contributed by atoms with Crippen LogP contribution >= 0.6 is 15.9 Å². The number of nitrogens with two attached hydrogens (primary N) is 2. The highest BCUT2D eigenvalue weighted by Gasteiger charge is 2.20. The molecule has 6 nitrogen and oxygen atoms in total. The van der Waals surface area contributed by atoms with Gasteiger partial charge in [0, 0.05) is 7.05 Å².